The van der Waals surface area contributed by atoms with Crippen molar-refractivity contribution in [2.75, 3.05) is 13.1 Å². The van der Waals surface area contributed by atoms with E-state index < -0.39 is 34.9 Å². The second kappa shape index (κ2) is 11.5. The summed E-state index contributed by atoms with van der Waals surface area (Å²) in [5.74, 6) is -3.61. The third-order valence-corrected chi connectivity index (χ3v) is 7.31. The normalized spacial score (nSPS) is 17.4. The molecule has 41 heavy (non-hydrogen) atoms. The molecule has 0 spiro atoms. The third-order valence-electron chi connectivity index (χ3n) is 7.06. The lowest BCUT2D eigenvalue weighted by Gasteiger charge is -2.28. The molecule has 0 unspecified atom stereocenters. The van der Waals surface area contributed by atoms with Crippen LogP contribution in [0.15, 0.2) is 69.9 Å². The molecular weight excluding hydrogens is 566 g/mol. The Morgan fingerprint density at radius 1 is 1.02 bits per heavy atom. The molecular formula is C30H25ClF4NO5+. The maximum Gasteiger partial charge on any atom is 0.453 e. The largest absolute Gasteiger partial charge is 0.453 e. The zero-order valence-corrected chi connectivity index (χ0v) is 22.6. The Bertz CT molecular complexity index is 1630. The maximum absolute atomic E-state index is 14.3. The number of quaternary nitrogens is 1. The van der Waals surface area contributed by atoms with Crippen molar-refractivity contribution in [2.45, 2.75) is 32.5 Å². The Morgan fingerprint density at radius 2 is 1.68 bits per heavy atom. The van der Waals surface area contributed by atoms with E-state index in [4.69, 9.17) is 25.5 Å². The summed E-state index contributed by atoms with van der Waals surface area (Å²) in [7, 11) is 0. The van der Waals surface area contributed by atoms with Crippen LogP contribution in [-0.2, 0) is 12.7 Å². The van der Waals surface area contributed by atoms with Gasteiger partial charge in [0.1, 0.15) is 23.9 Å². The zero-order valence-electron chi connectivity index (χ0n) is 21.8. The molecule has 4 aromatic rings. The topological polar surface area (TPSA) is 70.2 Å². The van der Waals surface area contributed by atoms with E-state index in [9.17, 15) is 27.2 Å². The molecule has 0 bridgehead atoms. The Labute approximate surface area is 237 Å². The van der Waals surface area contributed by atoms with Crippen LogP contribution in [0.1, 0.15) is 41.4 Å². The van der Waals surface area contributed by atoms with Crippen molar-refractivity contribution in [3.63, 3.8) is 0 Å². The number of alkyl halides is 3. The van der Waals surface area contributed by atoms with Crippen LogP contribution in [0.25, 0.3) is 11.0 Å². The molecule has 6 nitrogen and oxygen atoms in total. The molecule has 3 aromatic carbocycles. The molecule has 11 heteroatoms. The van der Waals surface area contributed by atoms with Gasteiger partial charge >= 0.3 is 12.1 Å². The minimum atomic E-state index is -5.08. The number of carbonyl (C=O) groups excluding carboxylic acids is 1. The van der Waals surface area contributed by atoms with Gasteiger partial charge in [-0.05, 0) is 79.4 Å². The third kappa shape index (κ3) is 6.39. The molecule has 2 heterocycles. The zero-order chi connectivity index (χ0) is 29.3. The van der Waals surface area contributed by atoms with Crippen molar-refractivity contribution in [3.05, 3.63) is 98.6 Å². The molecule has 0 aliphatic carbocycles. The van der Waals surface area contributed by atoms with E-state index in [1.54, 1.807) is 0 Å². The Morgan fingerprint density at radius 3 is 2.32 bits per heavy atom. The molecule has 5 rings (SSSR count). The fraction of sp³-hybridized carbons (Fsp3) is 0.267. The summed E-state index contributed by atoms with van der Waals surface area (Å²) in [6, 6.07) is 12.7. The van der Waals surface area contributed by atoms with E-state index in [1.807, 2.05) is 0 Å². The van der Waals surface area contributed by atoms with Crippen LogP contribution in [0.5, 0.6) is 17.2 Å². The average Bonchev–Trinajstić information content (AvgIpc) is 2.93. The SMILES string of the molecule is CC1CC[NH+](Cc2c(OC(=O)c3ccc(F)cc3)ccc3c(=O)c(Oc4ccc(Cl)cc4)c(C(F)(F)F)oc23)CC1. The number of carbonyl (C=O) groups is 1. The van der Waals surface area contributed by atoms with Crippen LogP contribution < -0.4 is 19.8 Å². The number of nitrogens with one attached hydrogen (secondary N) is 1. The van der Waals surface area contributed by atoms with E-state index in [-0.39, 0.29) is 40.1 Å². The predicted molar refractivity (Wildman–Crippen MR) is 143 cm³/mol. The molecule has 1 saturated heterocycles. The van der Waals surface area contributed by atoms with Crippen LogP contribution in [0.4, 0.5) is 17.6 Å². The van der Waals surface area contributed by atoms with Gasteiger partial charge in [-0.25, -0.2) is 9.18 Å². The summed E-state index contributed by atoms with van der Waals surface area (Å²) < 4.78 is 72.6. The highest BCUT2D eigenvalue weighted by Gasteiger charge is 2.41. The van der Waals surface area contributed by atoms with Crippen LogP contribution in [-0.4, -0.2) is 19.1 Å². The standard InChI is InChI=1S/C30H24ClF4NO5/c1-17-12-14-36(15-13-17)16-23-24(40-29(38)18-2-6-20(32)7-3-18)11-10-22-25(37)27(28(30(33,34)35)41-26(22)23)39-21-8-4-19(31)5-9-21/h2-11,17H,12-16H2,1H3/p+1. The lowest BCUT2D eigenvalue weighted by Crippen LogP contribution is -3.11. The second-order valence-electron chi connectivity index (χ2n) is 10.1. The van der Waals surface area contributed by atoms with Gasteiger partial charge < -0.3 is 18.8 Å². The number of piperidine rings is 1. The first kappa shape index (κ1) is 28.6. The molecule has 214 valence electrons. The second-order valence-corrected chi connectivity index (χ2v) is 10.5. The summed E-state index contributed by atoms with van der Waals surface area (Å²) in [4.78, 5) is 27.4. The van der Waals surface area contributed by atoms with Crippen LogP contribution in [0.3, 0.4) is 0 Å². The van der Waals surface area contributed by atoms with Crippen LogP contribution >= 0.6 is 11.6 Å². The molecule has 1 N–H and O–H groups in total. The highest BCUT2D eigenvalue weighted by Crippen LogP contribution is 2.40. The number of fused-ring (bicyclic) bond motifs is 1. The lowest BCUT2D eigenvalue weighted by molar-refractivity contribution is -0.919. The van der Waals surface area contributed by atoms with Crippen molar-refractivity contribution >= 4 is 28.5 Å². The molecule has 1 aliphatic rings. The first-order valence-electron chi connectivity index (χ1n) is 12.9. The number of esters is 1. The smallest absolute Gasteiger partial charge is 0.449 e. The van der Waals surface area contributed by atoms with Gasteiger partial charge in [-0.15, -0.1) is 0 Å². The average molecular weight is 591 g/mol. The van der Waals surface area contributed by atoms with Crippen molar-refractivity contribution < 1.29 is 41.1 Å². The number of halogens is 5. The number of hydrogen-bond donors (Lipinski definition) is 1. The van der Waals surface area contributed by atoms with Crippen molar-refractivity contribution in [1.29, 1.82) is 0 Å². The van der Waals surface area contributed by atoms with Crippen molar-refractivity contribution in [1.82, 2.24) is 0 Å². The van der Waals surface area contributed by atoms with Gasteiger partial charge in [0.25, 0.3) is 5.76 Å². The summed E-state index contributed by atoms with van der Waals surface area (Å²) in [6.07, 6.45) is -3.27. The minimum Gasteiger partial charge on any atom is -0.449 e. The molecule has 1 aromatic heterocycles. The van der Waals surface area contributed by atoms with Gasteiger partial charge in [-0.3, -0.25) is 4.79 Å². The number of rotatable bonds is 6. The monoisotopic (exact) mass is 590 g/mol. The van der Waals surface area contributed by atoms with E-state index >= 15 is 0 Å². The number of hydrogen-bond acceptors (Lipinski definition) is 5. The summed E-state index contributed by atoms with van der Waals surface area (Å²) in [5, 5.41) is 0.171. The van der Waals surface area contributed by atoms with E-state index in [0.29, 0.717) is 10.9 Å². The van der Waals surface area contributed by atoms with Crippen molar-refractivity contribution in [2.24, 2.45) is 5.92 Å². The quantitative estimate of drug-likeness (QED) is 0.159. The maximum atomic E-state index is 14.3. The van der Waals surface area contributed by atoms with E-state index in [1.165, 1.54) is 48.5 Å². The minimum absolute atomic E-state index is 0.0384. The first-order valence-corrected chi connectivity index (χ1v) is 13.3. The van der Waals surface area contributed by atoms with Gasteiger partial charge in [-0.1, -0.05) is 18.5 Å². The number of likely N-dealkylation sites (tertiary alicyclic amines) is 1. The van der Waals surface area contributed by atoms with Crippen molar-refractivity contribution in [3.8, 4) is 17.2 Å². The van der Waals surface area contributed by atoms with Crippen LogP contribution in [0, 0.1) is 11.7 Å². The highest BCUT2D eigenvalue weighted by atomic mass is 35.5. The van der Waals surface area contributed by atoms with Gasteiger partial charge in [-0.2, -0.15) is 13.2 Å². The molecule has 1 aliphatic heterocycles. The van der Waals surface area contributed by atoms with E-state index in [0.717, 1.165) is 43.0 Å². The summed E-state index contributed by atoms with van der Waals surface area (Å²) in [5.41, 5.74) is -1.20. The Kier molecular flexibility index (Phi) is 8.06. The van der Waals surface area contributed by atoms with Gasteiger partial charge in [0.15, 0.2) is 5.58 Å². The van der Waals surface area contributed by atoms with E-state index in [2.05, 4.69) is 6.92 Å². The molecule has 0 radical (unpaired) electrons. The fourth-order valence-electron chi connectivity index (χ4n) is 4.78. The summed E-state index contributed by atoms with van der Waals surface area (Å²) >= 11 is 5.86. The summed E-state index contributed by atoms with van der Waals surface area (Å²) in [6.45, 7) is 3.74. The van der Waals surface area contributed by atoms with Gasteiger partial charge in [0, 0.05) is 5.02 Å². The molecule has 0 atom stereocenters. The molecule has 0 saturated carbocycles. The fourth-order valence-corrected chi connectivity index (χ4v) is 4.91. The molecule has 1 fully saturated rings. The first-order chi connectivity index (χ1) is 19.5. The molecule has 0 amide bonds. The number of benzene rings is 3. The Hall–Kier alpha value is -3.89. The predicted octanol–water partition coefficient (Wildman–Crippen LogP) is 6.43. The lowest BCUT2D eigenvalue weighted by atomic mass is 9.98. The number of ether oxygens (including phenoxy) is 2. The van der Waals surface area contributed by atoms with Gasteiger partial charge in [0.05, 0.1) is 29.6 Å². The van der Waals surface area contributed by atoms with Gasteiger partial charge in [0.2, 0.25) is 11.2 Å². The van der Waals surface area contributed by atoms with Crippen LogP contribution in [0.2, 0.25) is 5.02 Å². The highest BCUT2D eigenvalue weighted by molar-refractivity contribution is 6.30. The Balaban J connectivity index is 1.64.